The van der Waals surface area contributed by atoms with Crippen molar-refractivity contribution in [1.82, 2.24) is 9.71 Å². The molecule has 4 aromatic rings. The molecule has 2 atom stereocenters. The predicted molar refractivity (Wildman–Crippen MR) is 160 cm³/mol. The number of amides is 1. The molecule has 0 fully saturated rings. The summed E-state index contributed by atoms with van der Waals surface area (Å²) in [6, 6.07) is 25.3. The Kier molecular flexibility index (Phi) is 8.63. The second kappa shape index (κ2) is 12.3. The normalized spacial score (nSPS) is 16.4. The average Bonchev–Trinajstić information content (AvgIpc) is 3.29. The van der Waals surface area contributed by atoms with Gasteiger partial charge >= 0.3 is 0 Å². The average molecular weight is 570 g/mol. The molecule has 41 heavy (non-hydrogen) atoms. The number of sulfonamides is 1. The molecule has 0 aliphatic heterocycles. The number of fused-ring (bicyclic) bond motifs is 1. The molecule has 8 heteroatoms. The van der Waals surface area contributed by atoms with Crippen LogP contribution in [0.1, 0.15) is 52.9 Å². The molecule has 0 saturated heterocycles. The maximum absolute atomic E-state index is 13.6. The number of nitrogens with zero attached hydrogens (tertiary/aromatic N) is 2. The van der Waals surface area contributed by atoms with Crippen LogP contribution in [0, 0.1) is 6.92 Å². The van der Waals surface area contributed by atoms with E-state index in [-0.39, 0.29) is 10.8 Å². The van der Waals surface area contributed by atoms with Gasteiger partial charge in [0.1, 0.15) is 0 Å². The van der Waals surface area contributed by atoms with Gasteiger partial charge in [0, 0.05) is 30.4 Å². The minimum absolute atomic E-state index is 0.0546. The summed E-state index contributed by atoms with van der Waals surface area (Å²) < 4.78 is 29.3. The van der Waals surface area contributed by atoms with Crippen LogP contribution in [0.15, 0.2) is 96.0 Å². The number of hydrogen-bond acceptors (Lipinski definition) is 5. The zero-order valence-electron chi connectivity index (χ0n) is 23.3. The van der Waals surface area contributed by atoms with E-state index in [1.54, 1.807) is 35.4 Å². The maximum atomic E-state index is 13.6. The second-order valence-electron chi connectivity index (χ2n) is 10.5. The highest BCUT2D eigenvalue weighted by Gasteiger charge is 2.35. The molecule has 7 nitrogen and oxygen atoms in total. The van der Waals surface area contributed by atoms with Gasteiger partial charge in [-0.05, 0) is 77.9 Å². The summed E-state index contributed by atoms with van der Waals surface area (Å²) in [5.74, 6) is -0.0546. The first-order valence-corrected chi connectivity index (χ1v) is 15.4. The van der Waals surface area contributed by atoms with E-state index in [2.05, 4.69) is 9.71 Å². The van der Waals surface area contributed by atoms with Crippen molar-refractivity contribution in [3.05, 3.63) is 125 Å². The summed E-state index contributed by atoms with van der Waals surface area (Å²) >= 11 is 0. The lowest BCUT2D eigenvalue weighted by Crippen LogP contribution is -2.34. The predicted octanol–water partition coefficient (Wildman–Crippen LogP) is 5.06. The number of carbonyl (C=O) groups excluding carboxylic acids is 1. The molecule has 0 saturated carbocycles. The highest BCUT2D eigenvalue weighted by atomic mass is 32.2. The molecule has 1 aliphatic carbocycles. The van der Waals surface area contributed by atoms with Crippen LogP contribution in [0.4, 0.5) is 5.69 Å². The number of nitrogens with one attached hydrogen (secondary N) is 1. The Balaban J connectivity index is 1.43. The molecular formula is C33H35N3O4S. The molecule has 0 unspecified atom stereocenters. The molecule has 5 rings (SSSR count). The zero-order chi connectivity index (χ0) is 29.0. The van der Waals surface area contributed by atoms with Crippen LogP contribution in [0.2, 0.25) is 0 Å². The van der Waals surface area contributed by atoms with Gasteiger partial charge in [0.2, 0.25) is 15.9 Å². The van der Waals surface area contributed by atoms with Crippen molar-refractivity contribution in [2.24, 2.45) is 0 Å². The molecule has 0 bridgehead atoms. The number of benzene rings is 3. The lowest BCUT2D eigenvalue weighted by molar-refractivity contribution is -0.118. The van der Waals surface area contributed by atoms with E-state index in [1.807, 2.05) is 74.5 Å². The number of aliphatic hydroxyl groups excluding tert-OH is 1. The molecule has 3 aromatic carbocycles. The lowest BCUT2D eigenvalue weighted by atomic mass is 10.1. The summed E-state index contributed by atoms with van der Waals surface area (Å²) in [4.78, 5) is 19.9. The topological polar surface area (TPSA) is 99.6 Å². The second-order valence-corrected chi connectivity index (χ2v) is 12.2. The number of aryl methyl sites for hydroxylation is 3. The van der Waals surface area contributed by atoms with Gasteiger partial charge in [-0.25, -0.2) is 13.1 Å². The fraction of sp³-hybridized carbons (Fsp3) is 0.273. The molecule has 212 valence electrons. The standard InChI is InChI=1S/C33H35N3O4S/c1-3-24-11-16-29(17-12-24)41(39,40)35-33-30-20-28(15-14-27(30)19-31(33)37)36(22-26-10-9-23(2)34-21-26)32(38)18-13-25-7-5-4-6-8-25/h4-12,14-17,20-21,31,33,35,37H,3,13,18-19,22H2,1-2H3/t31-,33-/m1/s1. The zero-order valence-corrected chi connectivity index (χ0v) is 24.1. The first kappa shape index (κ1) is 28.7. The molecular weight excluding hydrogens is 534 g/mol. The Morgan fingerprint density at radius 2 is 1.71 bits per heavy atom. The van der Waals surface area contributed by atoms with Crippen molar-refractivity contribution in [2.75, 3.05) is 4.90 Å². The van der Waals surface area contributed by atoms with Gasteiger partial charge in [0.15, 0.2) is 0 Å². The number of carbonyl (C=O) groups is 1. The van der Waals surface area contributed by atoms with E-state index in [1.165, 1.54) is 0 Å². The lowest BCUT2D eigenvalue weighted by Gasteiger charge is -2.25. The molecule has 1 heterocycles. The van der Waals surface area contributed by atoms with E-state index in [4.69, 9.17) is 0 Å². The number of anilines is 1. The molecule has 0 spiro atoms. The summed E-state index contributed by atoms with van der Waals surface area (Å²) in [5, 5.41) is 10.9. The van der Waals surface area contributed by atoms with E-state index in [9.17, 15) is 18.3 Å². The van der Waals surface area contributed by atoms with Crippen LogP contribution in [0.5, 0.6) is 0 Å². The number of aromatic nitrogens is 1. The summed E-state index contributed by atoms with van der Waals surface area (Å²) in [6.07, 6.45) is 2.89. The maximum Gasteiger partial charge on any atom is 0.241 e. The van der Waals surface area contributed by atoms with Gasteiger partial charge in [-0.3, -0.25) is 9.78 Å². The Hall–Kier alpha value is -3.85. The van der Waals surface area contributed by atoms with E-state index in [0.29, 0.717) is 37.1 Å². The summed E-state index contributed by atoms with van der Waals surface area (Å²) in [7, 11) is -3.88. The SMILES string of the molecule is CCc1ccc(S(=O)(=O)N[C@@H]2c3cc(N(Cc4ccc(C)nc4)C(=O)CCc4ccccc4)ccc3C[C@H]2O)cc1. The number of aliphatic hydroxyl groups is 1. The third-order valence-corrected chi connectivity index (χ3v) is 9.06. The third kappa shape index (κ3) is 6.73. The number of pyridine rings is 1. The molecule has 1 aromatic heterocycles. The van der Waals surface area contributed by atoms with Crippen molar-refractivity contribution in [3.8, 4) is 0 Å². The van der Waals surface area contributed by atoms with Crippen LogP contribution < -0.4 is 9.62 Å². The van der Waals surface area contributed by atoms with Crippen molar-refractivity contribution in [1.29, 1.82) is 0 Å². The molecule has 1 aliphatic rings. The molecule has 2 N–H and O–H groups in total. The van der Waals surface area contributed by atoms with Crippen molar-refractivity contribution >= 4 is 21.6 Å². The van der Waals surface area contributed by atoms with Crippen LogP contribution in [-0.2, 0) is 40.6 Å². The fourth-order valence-electron chi connectivity index (χ4n) is 5.19. The number of hydrogen-bond donors (Lipinski definition) is 2. The van der Waals surface area contributed by atoms with Gasteiger partial charge in [-0.15, -0.1) is 0 Å². The first-order chi connectivity index (χ1) is 19.7. The van der Waals surface area contributed by atoms with Crippen molar-refractivity contribution in [2.45, 2.75) is 63.1 Å². The van der Waals surface area contributed by atoms with Crippen LogP contribution in [-0.4, -0.2) is 30.5 Å². The Bertz CT molecular complexity index is 1610. The first-order valence-electron chi connectivity index (χ1n) is 13.9. The highest BCUT2D eigenvalue weighted by molar-refractivity contribution is 7.89. The van der Waals surface area contributed by atoms with Crippen LogP contribution in [0.3, 0.4) is 0 Å². The Morgan fingerprint density at radius 1 is 0.976 bits per heavy atom. The fourth-order valence-corrected chi connectivity index (χ4v) is 6.44. The smallest absolute Gasteiger partial charge is 0.241 e. The van der Waals surface area contributed by atoms with Crippen LogP contribution >= 0.6 is 0 Å². The van der Waals surface area contributed by atoms with E-state index >= 15 is 0 Å². The van der Waals surface area contributed by atoms with E-state index in [0.717, 1.165) is 34.4 Å². The summed E-state index contributed by atoms with van der Waals surface area (Å²) in [5.41, 5.74) is 6.07. The number of rotatable bonds is 10. The highest BCUT2D eigenvalue weighted by Crippen LogP contribution is 2.36. The monoisotopic (exact) mass is 569 g/mol. The van der Waals surface area contributed by atoms with Crippen LogP contribution in [0.25, 0.3) is 0 Å². The van der Waals surface area contributed by atoms with Gasteiger partial charge in [0.25, 0.3) is 0 Å². The van der Waals surface area contributed by atoms with Crippen molar-refractivity contribution in [3.63, 3.8) is 0 Å². The minimum atomic E-state index is -3.88. The van der Waals surface area contributed by atoms with Gasteiger partial charge in [-0.2, -0.15) is 0 Å². The quantitative estimate of drug-likeness (QED) is 0.278. The Morgan fingerprint density at radius 3 is 2.39 bits per heavy atom. The molecule has 1 amide bonds. The Labute approximate surface area is 241 Å². The van der Waals surface area contributed by atoms with Gasteiger partial charge in [0.05, 0.1) is 23.6 Å². The van der Waals surface area contributed by atoms with Gasteiger partial charge < -0.3 is 10.0 Å². The van der Waals surface area contributed by atoms with Gasteiger partial charge in [-0.1, -0.05) is 61.5 Å². The van der Waals surface area contributed by atoms with E-state index < -0.39 is 22.2 Å². The molecule has 0 radical (unpaired) electrons. The van der Waals surface area contributed by atoms with Crippen molar-refractivity contribution < 1.29 is 18.3 Å². The summed E-state index contributed by atoms with van der Waals surface area (Å²) in [6.45, 7) is 4.25. The largest absolute Gasteiger partial charge is 0.391 e. The minimum Gasteiger partial charge on any atom is -0.391 e. The third-order valence-electron chi connectivity index (χ3n) is 7.60.